The molecule has 176 valence electrons. The lowest BCUT2D eigenvalue weighted by atomic mass is 9.88. The number of carbonyl (C=O) groups excluding carboxylic acids is 4. The van der Waals surface area contributed by atoms with Crippen LogP contribution in [0.4, 0.5) is 0 Å². The van der Waals surface area contributed by atoms with E-state index in [4.69, 9.17) is 0 Å². The lowest BCUT2D eigenvalue weighted by Crippen LogP contribution is -2.52. The van der Waals surface area contributed by atoms with Crippen molar-refractivity contribution in [2.24, 2.45) is 0 Å². The Kier molecular flexibility index (Phi) is 3.79. The highest BCUT2D eigenvalue weighted by molar-refractivity contribution is 6.29. The van der Waals surface area contributed by atoms with E-state index in [9.17, 15) is 19.2 Å². The molecule has 2 aliphatic heterocycles. The van der Waals surface area contributed by atoms with E-state index in [1.54, 1.807) is 12.1 Å². The molecule has 0 spiro atoms. The third kappa shape index (κ3) is 2.49. The number of rotatable bonds is 2. The molecule has 0 saturated carbocycles. The van der Waals surface area contributed by atoms with Crippen molar-refractivity contribution in [3.63, 3.8) is 0 Å². The van der Waals surface area contributed by atoms with Crippen LogP contribution in [0.25, 0.3) is 33.7 Å². The fourth-order valence-corrected chi connectivity index (χ4v) is 6.33. The summed E-state index contributed by atoms with van der Waals surface area (Å²) in [4.78, 5) is 56.7. The molecule has 0 bridgehead atoms. The van der Waals surface area contributed by atoms with E-state index >= 15 is 0 Å². The zero-order chi connectivity index (χ0) is 25.0. The normalized spacial score (nSPS) is 17.0. The fourth-order valence-electron chi connectivity index (χ4n) is 6.33. The van der Waals surface area contributed by atoms with Gasteiger partial charge in [0.1, 0.15) is 6.67 Å². The molecule has 0 atom stereocenters. The number of imide groups is 2. The molecule has 37 heavy (non-hydrogen) atoms. The summed E-state index contributed by atoms with van der Waals surface area (Å²) in [5, 5.41) is 3.00. The predicted molar refractivity (Wildman–Crippen MR) is 139 cm³/mol. The highest BCUT2D eigenvalue weighted by Crippen LogP contribution is 2.39. The van der Waals surface area contributed by atoms with Crippen LogP contribution in [0, 0.1) is 0 Å². The van der Waals surface area contributed by atoms with Crippen LogP contribution >= 0.6 is 0 Å². The van der Waals surface area contributed by atoms with Crippen LogP contribution in [0.3, 0.4) is 0 Å². The van der Waals surface area contributed by atoms with Crippen LogP contribution in [-0.4, -0.2) is 40.1 Å². The van der Waals surface area contributed by atoms with Crippen molar-refractivity contribution in [2.45, 2.75) is 12.8 Å². The molecule has 6 heteroatoms. The molecule has 0 fully saturated rings. The summed E-state index contributed by atoms with van der Waals surface area (Å²) in [7, 11) is 0. The molecule has 4 aliphatic rings. The van der Waals surface area contributed by atoms with Gasteiger partial charge in [0.15, 0.2) is 0 Å². The van der Waals surface area contributed by atoms with Crippen LogP contribution in [0.1, 0.15) is 63.7 Å². The molecule has 0 radical (unpaired) electrons. The molecular formula is C31H18N2O4. The molecule has 0 aromatic heterocycles. The molecule has 0 unspecified atom stereocenters. The van der Waals surface area contributed by atoms with Gasteiger partial charge in [0.2, 0.25) is 0 Å². The second-order valence-electron chi connectivity index (χ2n) is 9.88. The number of nitrogens with zero attached hydrogens (tertiary/aromatic N) is 2. The van der Waals surface area contributed by atoms with Gasteiger partial charge in [-0.2, -0.15) is 0 Å². The topological polar surface area (TPSA) is 74.8 Å². The summed E-state index contributed by atoms with van der Waals surface area (Å²) in [5.41, 5.74) is 5.76. The van der Waals surface area contributed by atoms with Crippen molar-refractivity contribution < 1.29 is 19.2 Å². The van der Waals surface area contributed by atoms with Crippen molar-refractivity contribution in [3.8, 4) is 0 Å². The minimum atomic E-state index is -0.507. The summed E-state index contributed by atoms with van der Waals surface area (Å²) in [6, 6.07) is 14.6. The Hall–Kier alpha value is -4.84. The zero-order valence-electron chi connectivity index (χ0n) is 19.6. The highest BCUT2D eigenvalue weighted by Gasteiger charge is 2.40. The maximum atomic E-state index is 13.7. The Morgan fingerprint density at radius 1 is 0.568 bits per heavy atom. The fraction of sp³-hybridized carbons (Fsp3) is 0.0968. The molecule has 4 amide bonds. The van der Waals surface area contributed by atoms with Gasteiger partial charge in [-0.05, 0) is 70.1 Å². The maximum Gasteiger partial charge on any atom is 0.262 e. The average Bonchev–Trinajstić information content (AvgIpc) is 3.59. The summed E-state index contributed by atoms with van der Waals surface area (Å²) < 4.78 is 0. The first-order valence-electron chi connectivity index (χ1n) is 12.3. The third-order valence-electron chi connectivity index (χ3n) is 8.01. The van der Waals surface area contributed by atoms with Gasteiger partial charge in [0, 0.05) is 33.0 Å². The number of hydrogen-bond donors (Lipinski definition) is 0. The quantitative estimate of drug-likeness (QED) is 0.378. The van der Waals surface area contributed by atoms with Crippen molar-refractivity contribution in [2.75, 3.05) is 6.67 Å². The van der Waals surface area contributed by atoms with E-state index in [2.05, 4.69) is 0 Å². The van der Waals surface area contributed by atoms with Crippen LogP contribution in [0.15, 0.2) is 60.7 Å². The largest absolute Gasteiger partial charge is 0.269 e. The molecule has 0 saturated heterocycles. The second-order valence-corrected chi connectivity index (χ2v) is 9.88. The molecular weight excluding hydrogens is 464 g/mol. The van der Waals surface area contributed by atoms with E-state index in [0.29, 0.717) is 45.9 Å². The summed E-state index contributed by atoms with van der Waals surface area (Å²) >= 11 is 0. The average molecular weight is 482 g/mol. The maximum absolute atomic E-state index is 13.7. The van der Waals surface area contributed by atoms with E-state index in [-0.39, 0.29) is 0 Å². The van der Waals surface area contributed by atoms with Gasteiger partial charge < -0.3 is 0 Å². The van der Waals surface area contributed by atoms with Gasteiger partial charge in [-0.15, -0.1) is 0 Å². The first-order valence-corrected chi connectivity index (χ1v) is 12.3. The number of amides is 4. The lowest BCUT2D eigenvalue weighted by molar-refractivity contribution is 0.0420. The van der Waals surface area contributed by atoms with Gasteiger partial charge in [-0.25, -0.2) is 0 Å². The van der Waals surface area contributed by atoms with Gasteiger partial charge in [-0.3, -0.25) is 29.0 Å². The van der Waals surface area contributed by atoms with Crippen molar-refractivity contribution in [1.29, 1.82) is 0 Å². The first-order chi connectivity index (χ1) is 18.0. The number of carbonyl (C=O) groups is 4. The van der Waals surface area contributed by atoms with Gasteiger partial charge in [0.25, 0.3) is 23.6 Å². The molecule has 4 aromatic rings. The molecule has 6 nitrogen and oxygen atoms in total. The van der Waals surface area contributed by atoms with E-state index in [0.717, 1.165) is 42.8 Å². The Bertz CT molecular complexity index is 1760. The number of fused-ring (bicyclic) bond motifs is 4. The number of benzene rings is 4. The summed E-state index contributed by atoms with van der Waals surface area (Å²) in [5.74, 6) is -2.00. The summed E-state index contributed by atoms with van der Waals surface area (Å²) in [6.07, 6.45) is 9.55. The summed E-state index contributed by atoms with van der Waals surface area (Å²) in [6.45, 7) is -0.439. The number of allylic oxidation sites excluding steroid dienone is 2. The van der Waals surface area contributed by atoms with Gasteiger partial charge in [0.05, 0.1) is 0 Å². The molecule has 0 N–H and O–H groups in total. The van der Waals surface area contributed by atoms with E-state index < -0.39 is 30.3 Å². The Morgan fingerprint density at radius 2 is 1.00 bits per heavy atom. The minimum Gasteiger partial charge on any atom is -0.269 e. The SMILES string of the molecule is O=C1c2cccc3c4c(cc(c23)C(=O)N1CN1C(=O)c2cccc3c5c(cc(c23)C1=O)CC=C5)CC=C4. The van der Waals surface area contributed by atoms with Crippen molar-refractivity contribution >= 4 is 57.3 Å². The van der Waals surface area contributed by atoms with Crippen LogP contribution in [0.2, 0.25) is 0 Å². The molecule has 8 rings (SSSR count). The predicted octanol–water partition coefficient (Wildman–Crippen LogP) is 4.98. The van der Waals surface area contributed by atoms with E-state index in [1.807, 2.05) is 60.7 Å². The monoisotopic (exact) mass is 482 g/mol. The molecule has 2 heterocycles. The smallest absolute Gasteiger partial charge is 0.262 e. The van der Waals surface area contributed by atoms with Gasteiger partial charge >= 0.3 is 0 Å². The Balaban J connectivity index is 1.24. The Morgan fingerprint density at radius 3 is 1.46 bits per heavy atom. The van der Waals surface area contributed by atoms with Crippen LogP contribution in [-0.2, 0) is 12.8 Å². The standard InChI is InChI=1S/C31H18N2O4/c34-28-22-11-3-9-20-18-7-1-5-16(18)13-24(26(20)22)30(36)32(28)15-33-29(35)23-12-4-10-21-19-8-2-6-17(19)14-25(27(21)23)31(33)37/h1-4,7-14H,5-6,15H2. The van der Waals surface area contributed by atoms with Crippen LogP contribution in [0.5, 0.6) is 0 Å². The van der Waals surface area contributed by atoms with Crippen molar-refractivity contribution in [3.05, 3.63) is 105 Å². The van der Waals surface area contributed by atoms with E-state index in [1.165, 1.54) is 0 Å². The van der Waals surface area contributed by atoms with Crippen LogP contribution < -0.4 is 0 Å². The van der Waals surface area contributed by atoms with Crippen molar-refractivity contribution in [1.82, 2.24) is 9.80 Å². The highest BCUT2D eigenvalue weighted by atomic mass is 16.2. The lowest BCUT2D eigenvalue weighted by Gasteiger charge is -2.34. The first kappa shape index (κ1) is 20.4. The molecule has 2 aliphatic carbocycles. The second kappa shape index (κ2) is 6.89. The minimum absolute atomic E-state index is 0.401. The number of hydrogen-bond acceptors (Lipinski definition) is 4. The third-order valence-corrected chi connectivity index (χ3v) is 8.01. The zero-order valence-corrected chi connectivity index (χ0v) is 19.6. The Labute approximate surface area is 211 Å². The van der Waals surface area contributed by atoms with Gasteiger partial charge in [-0.1, -0.05) is 48.6 Å². The molecule has 4 aromatic carbocycles.